The maximum Gasteiger partial charge on any atom is 0.147 e. The molecule has 1 fully saturated rings. The highest BCUT2D eigenvalue weighted by Gasteiger charge is 2.52. The first-order chi connectivity index (χ1) is 4.31. The van der Waals surface area contributed by atoms with Crippen molar-refractivity contribution in [3.8, 4) is 0 Å². The molecule has 1 aliphatic carbocycles. The second-order valence-corrected chi connectivity index (χ2v) is 6.48. The molecule has 0 saturated heterocycles. The summed E-state index contributed by atoms with van der Waals surface area (Å²) >= 11 is 11.2. The minimum absolute atomic E-state index is 0.0502. The smallest absolute Gasteiger partial charge is 0.147 e. The van der Waals surface area contributed by atoms with Crippen molar-refractivity contribution in [2.45, 2.75) is 10.8 Å². The van der Waals surface area contributed by atoms with E-state index in [0.29, 0.717) is 6.42 Å². The van der Waals surface area contributed by atoms with Crippen LogP contribution in [0, 0.1) is 5.92 Å². The SMILES string of the molecule is CS(=O)(=O)CC1CC1(Cl)Cl. The van der Waals surface area contributed by atoms with E-state index in [9.17, 15) is 8.42 Å². The zero-order chi connectivity index (χ0) is 7.99. The molecule has 0 heterocycles. The Morgan fingerprint density at radius 1 is 1.60 bits per heavy atom. The number of hydrogen-bond acceptors (Lipinski definition) is 2. The Morgan fingerprint density at radius 3 is 2.10 bits per heavy atom. The molecule has 0 radical (unpaired) electrons. The fraction of sp³-hybridized carbons (Fsp3) is 1.00. The van der Waals surface area contributed by atoms with Gasteiger partial charge in [0.1, 0.15) is 14.2 Å². The van der Waals surface area contributed by atoms with Crippen LogP contribution in [0.4, 0.5) is 0 Å². The van der Waals surface area contributed by atoms with Gasteiger partial charge in [-0.1, -0.05) is 0 Å². The highest BCUT2D eigenvalue weighted by atomic mass is 35.5. The lowest BCUT2D eigenvalue weighted by molar-refractivity contribution is 0.598. The summed E-state index contributed by atoms with van der Waals surface area (Å²) in [5, 5.41) is 0. The molecule has 1 atom stereocenters. The van der Waals surface area contributed by atoms with Gasteiger partial charge in [0.2, 0.25) is 0 Å². The van der Waals surface area contributed by atoms with E-state index in [1.165, 1.54) is 6.26 Å². The van der Waals surface area contributed by atoms with Gasteiger partial charge in [0, 0.05) is 12.2 Å². The van der Waals surface area contributed by atoms with Crippen LogP contribution >= 0.6 is 23.2 Å². The third kappa shape index (κ3) is 2.29. The van der Waals surface area contributed by atoms with Crippen molar-refractivity contribution in [1.29, 1.82) is 0 Å². The van der Waals surface area contributed by atoms with E-state index in [1.807, 2.05) is 0 Å². The highest BCUT2D eigenvalue weighted by molar-refractivity contribution is 7.90. The van der Waals surface area contributed by atoms with Crippen molar-refractivity contribution in [3.05, 3.63) is 0 Å². The fourth-order valence-corrected chi connectivity index (χ4v) is 2.66. The van der Waals surface area contributed by atoms with Crippen molar-refractivity contribution in [1.82, 2.24) is 0 Å². The van der Waals surface area contributed by atoms with Crippen LogP contribution in [0.25, 0.3) is 0 Å². The Kier molecular flexibility index (Phi) is 1.95. The Balaban J connectivity index is 2.46. The van der Waals surface area contributed by atoms with E-state index < -0.39 is 14.2 Å². The summed E-state index contributed by atoms with van der Waals surface area (Å²) in [5.74, 6) is 0.0610. The number of alkyl halides is 2. The molecule has 0 amide bonds. The summed E-state index contributed by atoms with van der Waals surface area (Å²) in [6.45, 7) is 0. The molecule has 0 aromatic rings. The highest BCUT2D eigenvalue weighted by Crippen LogP contribution is 2.53. The second kappa shape index (κ2) is 2.26. The van der Waals surface area contributed by atoms with Crippen LogP contribution in [0.5, 0.6) is 0 Å². The van der Waals surface area contributed by atoms with E-state index >= 15 is 0 Å². The largest absolute Gasteiger partial charge is 0.229 e. The van der Waals surface area contributed by atoms with Crippen molar-refractivity contribution in [3.63, 3.8) is 0 Å². The van der Waals surface area contributed by atoms with Gasteiger partial charge in [-0.15, -0.1) is 23.2 Å². The molecule has 0 spiro atoms. The third-order valence-corrected chi connectivity index (χ3v) is 3.39. The van der Waals surface area contributed by atoms with Crippen molar-refractivity contribution in [2.24, 2.45) is 5.92 Å². The van der Waals surface area contributed by atoms with Gasteiger partial charge in [0.15, 0.2) is 0 Å². The molecule has 0 aromatic heterocycles. The average Bonchev–Trinajstić information content (AvgIpc) is 2.05. The lowest BCUT2D eigenvalue weighted by Crippen LogP contribution is -2.08. The summed E-state index contributed by atoms with van der Waals surface area (Å²) in [6.07, 6.45) is 1.79. The van der Waals surface area contributed by atoms with E-state index in [2.05, 4.69) is 0 Å². The average molecular weight is 203 g/mol. The number of hydrogen-bond donors (Lipinski definition) is 0. The topological polar surface area (TPSA) is 34.1 Å². The molecular formula is C5H8Cl2O2S. The summed E-state index contributed by atoms with van der Waals surface area (Å²) in [5.41, 5.74) is 0. The lowest BCUT2D eigenvalue weighted by Gasteiger charge is -1.96. The van der Waals surface area contributed by atoms with E-state index in [-0.39, 0.29) is 11.7 Å². The van der Waals surface area contributed by atoms with Gasteiger partial charge in [-0.25, -0.2) is 8.42 Å². The van der Waals surface area contributed by atoms with Crippen LogP contribution in [0.3, 0.4) is 0 Å². The summed E-state index contributed by atoms with van der Waals surface area (Å²) in [4.78, 5) is 0. The normalized spacial score (nSPS) is 30.1. The maximum absolute atomic E-state index is 10.7. The maximum atomic E-state index is 10.7. The van der Waals surface area contributed by atoms with Gasteiger partial charge in [0.25, 0.3) is 0 Å². The quantitative estimate of drug-likeness (QED) is 0.632. The number of sulfone groups is 1. The van der Waals surface area contributed by atoms with Gasteiger partial charge in [-0.2, -0.15) is 0 Å². The Bertz CT molecular complexity index is 232. The predicted molar refractivity (Wildman–Crippen MR) is 42.3 cm³/mol. The molecule has 0 bridgehead atoms. The first kappa shape index (κ1) is 8.62. The minimum Gasteiger partial charge on any atom is -0.229 e. The predicted octanol–water partition coefficient (Wildman–Crippen LogP) is 1.22. The van der Waals surface area contributed by atoms with Crippen LogP contribution in [0.2, 0.25) is 0 Å². The molecule has 2 nitrogen and oxygen atoms in total. The van der Waals surface area contributed by atoms with E-state index in [1.54, 1.807) is 0 Å². The molecule has 1 saturated carbocycles. The summed E-state index contributed by atoms with van der Waals surface area (Å²) in [6, 6.07) is 0. The molecule has 1 unspecified atom stereocenters. The Hall–Kier alpha value is 0.530. The summed E-state index contributed by atoms with van der Waals surface area (Å²) < 4.78 is 20.5. The third-order valence-electron chi connectivity index (χ3n) is 1.46. The van der Waals surface area contributed by atoms with Crippen LogP contribution in [-0.2, 0) is 9.84 Å². The van der Waals surface area contributed by atoms with Crippen molar-refractivity contribution < 1.29 is 8.42 Å². The minimum atomic E-state index is -2.90. The Morgan fingerprint density at radius 2 is 2.00 bits per heavy atom. The first-order valence-corrected chi connectivity index (χ1v) is 5.68. The van der Waals surface area contributed by atoms with Gasteiger partial charge in [-0.05, 0) is 6.42 Å². The number of rotatable bonds is 2. The van der Waals surface area contributed by atoms with Crippen LogP contribution in [0.15, 0.2) is 0 Å². The lowest BCUT2D eigenvalue weighted by atomic mass is 10.5. The Labute approximate surface area is 70.4 Å². The molecule has 0 N–H and O–H groups in total. The molecule has 60 valence electrons. The van der Waals surface area contributed by atoms with Gasteiger partial charge < -0.3 is 0 Å². The van der Waals surface area contributed by atoms with Gasteiger partial charge in [0.05, 0.1) is 5.75 Å². The molecule has 0 aliphatic heterocycles. The molecular weight excluding hydrogens is 195 g/mol. The van der Waals surface area contributed by atoms with Crippen molar-refractivity contribution in [2.75, 3.05) is 12.0 Å². The zero-order valence-corrected chi connectivity index (χ0v) is 7.80. The van der Waals surface area contributed by atoms with Crippen LogP contribution in [-0.4, -0.2) is 24.8 Å². The van der Waals surface area contributed by atoms with E-state index in [4.69, 9.17) is 23.2 Å². The molecule has 1 aliphatic rings. The fourth-order valence-electron chi connectivity index (χ4n) is 0.816. The standard InChI is InChI=1S/C5H8Cl2O2S/c1-10(8,9)3-4-2-5(4,6)7/h4H,2-3H2,1H3. The molecule has 1 rings (SSSR count). The first-order valence-electron chi connectivity index (χ1n) is 2.87. The monoisotopic (exact) mass is 202 g/mol. The van der Waals surface area contributed by atoms with Crippen molar-refractivity contribution >= 4 is 33.0 Å². The van der Waals surface area contributed by atoms with Gasteiger partial charge >= 0.3 is 0 Å². The molecule has 0 aromatic carbocycles. The second-order valence-electron chi connectivity index (χ2n) is 2.75. The van der Waals surface area contributed by atoms with Gasteiger partial charge in [-0.3, -0.25) is 0 Å². The molecule has 5 heteroatoms. The zero-order valence-electron chi connectivity index (χ0n) is 5.47. The molecule has 10 heavy (non-hydrogen) atoms. The van der Waals surface area contributed by atoms with Crippen LogP contribution < -0.4 is 0 Å². The summed E-state index contributed by atoms with van der Waals surface area (Å²) in [7, 11) is -2.90. The van der Waals surface area contributed by atoms with Crippen LogP contribution in [0.1, 0.15) is 6.42 Å². The van der Waals surface area contributed by atoms with E-state index in [0.717, 1.165) is 0 Å². The number of halogens is 2.